The van der Waals surface area contributed by atoms with Crippen molar-refractivity contribution in [2.24, 2.45) is 5.41 Å². The summed E-state index contributed by atoms with van der Waals surface area (Å²) >= 11 is 0. The van der Waals surface area contributed by atoms with Gasteiger partial charge in [0, 0.05) is 5.39 Å². The first-order valence-corrected chi connectivity index (χ1v) is 6.81. The Bertz CT molecular complexity index is 553. The van der Waals surface area contributed by atoms with Crippen LogP contribution in [-0.2, 0) is 0 Å². The monoisotopic (exact) mass is 263 g/mol. The van der Waals surface area contributed by atoms with E-state index in [4.69, 9.17) is 4.42 Å². The van der Waals surface area contributed by atoms with Gasteiger partial charge >= 0.3 is 0 Å². The van der Waals surface area contributed by atoms with E-state index in [-0.39, 0.29) is 17.3 Å². The third-order valence-electron chi connectivity index (χ3n) is 3.11. The zero-order chi connectivity index (χ0) is 14.0. The van der Waals surface area contributed by atoms with Crippen molar-refractivity contribution in [2.45, 2.75) is 40.2 Å². The molecule has 0 saturated heterocycles. The smallest absolute Gasteiger partial charge is 0.134 e. The third-order valence-corrected chi connectivity index (χ3v) is 3.11. The van der Waals surface area contributed by atoms with Gasteiger partial charge in [-0.15, -0.1) is 0 Å². The summed E-state index contributed by atoms with van der Waals surface area (Å²) < 4.78 is 19.1. The lowest BCUT2D eigenvalue weighted by atomic mass is 9.87. The van der Waals surface area contributed by atoms with Crippen LogP contribution >= 0.6 is 0 Å². The second-order valence-corrected chi connectivity index (χ2v) is 6.21. The fourth-order valence-electron chi connectivity index (χ4n) is 2.34. The largest absolute Gasteiger partial charge is 0.459 e. The van der Waals surface area contributed by atoms with Gasteiger partial charge in [-0.3, -0.25) is 0 Å². The second-order valence-electron chi connectivity index (χ2n) is 6.21. The van der Waals surface area contributed by atoms with Gasteiger partial charge in [0.15, 0.2) is 0 Å². The van der Waals surface area contributed by atoms with Crippen molar-refractivity contribution in [3.8, 4) is 0 Å². The first-order valence-electron chi connectivity index (χ1n) is 6.81. The molecule has 0 spiro atoms. The normalized spacial score (nSPS) is 13.9. The zero-order valence-electron chi connectivity index (χ0n) is 12.1. The van der Waals surface area contributed by atoms with E-state index in [1.807, 2.05) is 6.07 Å². The summed E-state index contributed by atoms with van der Waals surface area (Å²) in [5, 5.41) is 4.27. The molecular formula is C16H22FNO. The van der Waals surface area contributed by atoms with E-state index in [0.29, 0.717) is 0 Å². The van der Waals surface area contributed by atoms with Crippen molar-refractivity contribution < 1.29 is 8.81 Å². The van der Waals surface area contributed by atoms with Crippen LogP contribution < -0.4 is 5.32 Å². The summed E-state index contributed by atoms with van der Waals surface area (Å²) in [7, 11) is 0. The molecule has 1 atom stereocenters. The molecule has 0 amide bonds. The minimum Gasteiger partial charge on any atom is -0.459 e. The van der Waals surface area contributed by atoms with Gasteiger partial charge in [0.25, 0.3) is 0 Å². The maximum Gasteiger partial charge on any atom is 0.134 e. The van der Waals surface area contributed by atoms with Crippen LogP contribution in [-0.4, -0.2) is 6.54 Å². The quantitative estimate of drug-likeness (QED) is 0.868. The number of nitrogens with one attached hydrogen (secondary N) is 1. The highest BCUT2D eigenvalue weighted by molar-refractivity contribution is 5.78. The molecule has 0 aliphatic carbocycles. The second kappa shape index (κ2) is 5.33. The number of hydrogen-bond donors (Lipinski definition) is 1. The Hall–Kier alpha value is -1.35. The van der Waals surface area contributed by atoms with Gasteiger partial charge in [0.05, 0.1) is 6.04 Å². The van der Waals surface area contributed by atoms with E-state index < -0.39 is 0 Å². The highest BCUT2D eigenvalue weighted by atomic mass is 19.1. The number of hydrogen-bond acceptors (Lipinski definition) is 2. The summed E-state index contributed by atoms with van der Waals surface area (Å²) in [5.74, 6) is 0.660. The molecule has 0 aliphatic heterocycles. The first-order chi connectivity index (χ1) is 8.89. The maximum atomic E-state index is 13.2. The van der Waals surface area contributed by atoms with Crippen molar-refractivity contribution in [1.29, 1.82) is 0 Å². The molecule has 1 N–H and O–H groups in total. The molecule has 1 heterocycles. The van der Waals surface area contributed by atoms with E-state index in [0.717, 1.165) is 29.7 Å². The molecule has 0 radical (unpaired) electrons. The molecular weight excluding hydrogens is 241 g/mol. The van der Waals surface area contributed by atoms with Crippen molar-refractivity contribution in [3.63, 3.8) is 0 Å². The number of halogens is 1. The Kier molecular flexibility index (Phi) is 3.95. The molecule has 2 rings (SSSR count). The van der Waals surface area contributed by atoms with Gasteiger partial charge < -0.3 is 9.73 Å². The van der Waals surface area contributed by atoms with Crippen LogP contribution in [0.4, 0.5) is 4.39 Å². The highest BCUT2D eigenvalue weighted by Crippen LogP contribution is 2.32. The standard InChI is InChI=1S/C16H22FNO/c1-5-18-13(10-16(2,3)4)15-9-11-8-12(17)6-7-14(11)19-15/h6-9,13,18H,5,10H2,1-4H3. The predicted octanol–water partition coefficient (Wildman–Crippen LogP) is 4.66. The molecule has 0 aliphatic rings. The van der Waals surface area contributed by atoms with Crippen LogP contribution in [0.1, 0.15) is 45.9 Å². The van der Waals surface area contributed by atoms with Gasteiger partial charge in [-0.1, -0.05) is 27.7 Å². The van der Waals surface area contributed by atoms with Gasteiger partial charge in [-0.2, -0.15) is 0 Å². The molecule has 1 aromatic heterocycles. The molecule has 1 aromatic carbocycles. The van der Waals surface area contributed by atoms with E-state index in [2.05, 4.69) is 33.0 Å². The van der Waals surface area contributed by atoms with Crippen LogP contribution in [0.15, 0.2) is 28.7 Å². The summed E-state index contributed by atoms with van der Waals surface area (Å²) in [4.78, 5) is 0. The van der Waals surface area contributed by atoms with Crippen molar-refractivity contribution in [3.05, 3.63) is 35.8 Å². The number of fused-ring (bicyclic) bond motifs is 1. The summed E-state index contributed by atoms with van der Waals surface area (Å²) in [6.45, 7) is 9.59. The van der Waals surface area contributed by atoms with Crippen molar-refractivity contribution >= 4 is 11.0 Å². The van der Waals surface area contributed by atoms with Crippen LogP contribution in [0.25, 0.3) is 11.0 Å². The predicted molar refractivity (Wildman–Crippen MR) is 76.7 cm³/mol. The number of benzene rings is 1. The van der Waals surface area contributed by atoms with Gasteiger partial charge in [0.1, 0.15) is 17.2 Å². The van der Waals surface area contributed by atoms with E-state index in [1.165, 1.54) is 12.1 Å². The average Bonchev–Trinajstić information content (AvgIpc) is 2.69. The summed E-state index contributed by atoms with van der Waals surface area (Å²) in [6, 6.07) is 6.75. The molecule has 104 valence electrons. The minimum absolute atomic E-state index is 0.167. The SMILES string of the molecule is CCNC(CC(C)(C)C)c1cc2cc(F)ccc2o1. The van der Waals surface area contributed by atoms with E-state index >= 15 is 0 Å². The molecule has 1 unspecified atom stereocenters. The molecule has 3 heteroatoms. The zero-order valence-corrected chi connectivity index (χ0v) is 12.1. The maximum absolute atomic E-state index is 13.2. The van der Waals surface area contributed by atoms with Gasteiger partial charge in [0.2, 0.25) is 0 Å². The van der Waals surface area contributed by atoms with Crippen LogP contribution in [0, 0.1) is 11.2 Å². The summed E-state index contributed by atoms with van der Waals surface area (Å²) in [6.07, 6.45) is 0.975. The van der Waals surface area contributed by atoms with Crippen LogP contribution in [0.2, 0.25) is 0 Å². The van der Waals surface area contributed by atoms with E-state index in [1.54, 1.807) is 6.07 Å². The number of rotatable bonds is 4. The summed E-state index contributed by atoms with van der Waals surface area (Å²) in [5.41, 5.74) is 0.949. The van der Waals surface area contributed by atoms with Crippen molar-refractivity contribution in [1.82, 2.24) is 5.32 Å². The third kappa shape index (κ3) is 3.57. The topological polar surface area (TPSA) is 25.2 Å². The molecule has 0 fully saturated rings. The van der Waals surface area contributed by atoms with E-state index in [9.17, 15) is 4.39 Å². The minimum atomic E-state index is -0.226. The molecule has 2 nitrogen and oxygen atoms in total. The molecule has 0 saturated carbocycles. The Morgan fingerprint density at radius 3 is 2.63 bits per heavy atom. The Balaban J connectivity index is 2.33. The van der Waals surface area contributed by atoms with Gasteiger partial charge in [-0.25, -0.2) is 4.39 Å². The highest BCUT2D eigenvalue weighted by Gasteiger charge is 2.22. The van der Waals surface area contributed by atoms with Crippen molar-refractivity contribution in [2.75, 3.05) is 6.54 Å². The molecule has 19 heavy (non-hydrogen) atoms. The first kappa shape index (κ1) is 14.1. The van der Waals surface area contributed by atoms with Crippen LogP contribution in [0.3, 0.4) is 0 Å². The number of furan rings is 1. The van der Waals surface area contributed by atoms with Crippen LogP contribution in [0.5, 0.6) is 0 Å². The Morgan fingerprint density at radius 2 is 2.00 bits per heavy atom. The van der Waals surface area contributed by atoms with Gasteiger partial charge in [-0.05, 0) is 42.6 Å². The Labute approximate surface area is 114 Å². The lowest BCUT2D eigenvalue weighted by molar-refractivity contribution is 0.289. The lowest BCUT2D eigenvalue weighted by Gasteiger charge is -2.25. The molecule has 2 aromatic rings. The fourth-order valence-corrected chi connectivity index (χ4v) is 2.34. The lowest BCUT2D eigenvalue weighted by Crippen LogP contribution is -2.25. The fraction of sp³-hybridized carbons (Fsp3) is 0.500. The Morgan fingerprint density at radius 1 is 1.26 bits per heavy atom. The molecule has 0 bridgehead atoms. The average molecular weight is 263 g/mol.